The first-order chi connectivity index (χ1) is 8.60. The zero-order valence-electron chi connectivity index (χ0n) is 10.4. The van der Waals surface area contributed by atoms with E-state index in [9.17, 15) is 4.79 Å². The van der Waals surface area contributed by atoms with Gasteiger partial charge in [-0.3, -0.25) is 0 Å². The summed E-state index contributed by atoms with van der Waals surface area (Å²) in [5.74, 6) is 1.18. The third-order valence-electron chi connectivity index (χ3n) is 2.71. The van der Waals surface area contributed by atoms with Gasteiger partial charge in [0.05, 0.1) is 0 Å². The number of fused-ring (bicyclic) bond motifs is 1. The van der Waals surface area contributed by atoms with Gasteiger partial charge in [0.15, 0.2) is 0 Å². The van der Waals surface area contributed by atoms with Gasteiger partial charge in [-0.05, 0) is 37.6 Å². The van der Waals surface area contributed by atoms with E-state index in [-0.39, 0.29) is 5.63 Å². The largest absolute Gasteiger partial charge is 0.458 e. The molecule has 92 valence electrons. The van der Waals surface area contributed by atoms with Crippen LogP contribution in [0.3, 0.4) is 0 Å². The molecule has 0 amide bonds. The van der Waals surface area contributed by atoms with Crippen LogP contribution < -0.4 is 10.4 Å². The van der Waals surface area contributed by atoms with Gasteiger partial charge in [0.1, 0.15) is 17.1 Å². The van der Waals surface area contributed by atoms with Crippen LogP contribution in [0.1, 0.15) is 13.8 Å². The topological polar surface area (TPSA) is 39.4 Å². The molecule has 0 saturated heterocycles. The van der Waals surface area contributed by atoms with E-state index in [2.05, 4.69) is 6.58 Å². The number of hydrogen-bond acceptors (Lipinski definition) is 3. The maximum absolute atomic E-state index is 11.1. The lowest BCUT2D eigenvalue weighted by atomic mass is 10.2. The van der Waals surface area contributed by atoms with Crippen molar-refractivity contribution in [2.45, 2.75) is 13.8 Å². The monoisotopic (exact) mass is 242 g/mol. The summed E-state index contributed by atoms with van der Waals surface area (Å²) in [5.41, 5.74) is 1.10. The number of ether oxygens (including phenoxy) is 1. The zero-order chi connectivity index (χ0) is 13.1. The van der Waals surface area contributed by atoms with E-state index in [4.69, 9.17) is 9.15 Å². The van der Waals surface area contributed by atoms with E-state index in [1.165, 1.54) is 6.07 Å². The van der Waals surface area contributed by atoms with Crippen molar-refractivity contribution in [1.82, 2.24) is 0 Å². The van der Waals surface area contributed by atoms with Crippen molar-refractivity contribution in [3.05, 3.63) is 64.7 Å². The summed E-state index contributed by atoms with van der Waals surface area (Å²) < 4.78 is 10.7. The Balaban J connectivity index is 2.35. The van der Waals surface area contributed by atoms with Crippen LogP contribution >= 0.6 is 0 Å². The Hall–Kier alpha value is -2.29. The second-order valence-electron chi connectivity index (χ2n) is 3.95. The average Bonchev–Trinajstić information content (AvgIpc) is 2.37. The molecule has 1 aromatic carbocycles. The second kappa shape index (κ2) is 4.92. The van der Waals surface area contributed by atoms with Gasteiger partial charge in [-0.15, -0.1) is 0 Å². The molecular formula is C15H14O3. The molecule has 0 aliphatic heterocycles. The molecule has 1 heterocycles. The summed E-state index contributed by atoms with van der Waals surface area (Å²) in [6.45, 7) is 7.68. The molecule has 2 rings (SSSR count). The maximum atomic E-state index is 11.1. The summed E-state index contributed by atoms with van der Waals surface area (Å²) in [6.07, 6.45) is 1.92. The highest BCUT2D eigenvalue weighted by Crippen LogP contribution is 2.22. The number of benzene rings is 1. The van der Waals surface area contributed by atoms with Crippen molar-refractivity contribution < 1.29 is 9.15 Å². The lowest BCUT2D eigenvalue weighted by Crippen LogP contribution is -1.97. The van der Waals surface area contributed by atoms with Crippen LogP contribution in [0.5, 0.6) is 5.75 Å². The summed E-state index contributed by atoms with van der Waals surface area (Å²) in [4.78, 5) is 11.1. The lowest BCUT2D eigenvalue weighted by Gasteiger charge is -2.09. The van der Waals surface area contributed by atoms with Crippen LogP contribution in [0.4, 0.5) is 0 Å². The van der Waals surface area contributed by atoms with Crippen molar-refractivity contribution in [3.8, 4) is 5.75 Å². The minimum absolute atomic E-state index is 0.372. The summed E-state index contributed by atoms with van der Waals surface area (Å²) in [7, 11) is 0. The van der Waals surface area contributed by atoms with Gasteiger partial charge in [0.25, 0.3) is 0 Å². The third-order valence-corrected chi connectivity index (χ3v) is 2.71. The Labute approximate surface area is 105 Å². The van der Waals surface area contributed by atoms with E-state index in [1.807, 2.05) is 32.1 Å². The molecule has 0 N–H and O–H groups in total. The average molecular weight is 242 g/mol. The fourth-order valence-electron chi connectivity index (χ4n) is 1.49. The van der Waals surface area contributed by atoms with E-state index >= 15 is 0 Å². The number of hydrogen-bond donors (Lipinski definition) is 0. The molecule has 0 fully saturated rings. The summed E-state index contributed by atoms with van der Waals surface area (Å²) >= 11 is 0. The molecule has 0 spiro atoms. The minimum atomic E-state index is -0.372. The highest BCUT2D eigenvalue weighted by Gasteiger charge is 2.03. The number of allylic oxidation sites excluding steroid dienone is 2. The second-order valence-corrected chi connectivity index (χ2v) is 3.95. The van der Waals surface area contributed by atoms with E-state index in [1.54, 1.807) is 12.1 Å². The first kappa shape index (κ1) is 12.2. The quantitative estimate of drug-likeness (QED) is 0.468. The normalized spacial score (nSPS) is 11.6. The Morgan fingerprint density at radius 1 is 1.33 bits per heavy atom. The minimum Gasteiger partial charge on any atom is -0.458 e. The van der Waals surface area contributed by atoms with Crippen LogP contribution in [-0.2, 0) is 0 Å². The highest BCUT2D eigenvalue weighted by molar-refractivity contribution is 5.77. The Bertz CT molecular complexity index is 677. The van der Waals surface area contributed by atoms with Gasteiger partial charge in [0, 0.05) is 17.5 Å². The van der Waals surface area contributed by atoms with Crippen molar-refractivity contribution in [3.63, 3.8) is 0 Å². The highest BCUT2D eigenvalue weighted by atomic mass is 16.5. The number of rotatable bonds is 3. The molecule has 0 radical (unpaired) electrons. The van der Waals surface area contributed by atoms with Gasteiger partial charge in [-0.1, -0.05) is 12.7 Å². The molecule has 3 heteroatoms. The van der Waals surface area contributed by atoms with Crippen LogP contribution in [0.15, 0.2) is 63.5 Å². The molecular weight excluding hydrogens is 228 g/mol. The van der Waals surface area contributed by atoms with E-state index in [0.29, 0.717) is 17.1 Å². The third kappa shape index (κ3) is 2.51. The first-order valence-electron chi connectivity index (χ1n) is 5.64. The summed E-state index contributed by atoms with van der Waals surface area (Å²) in [6, 6.07) is 8.45. The van der Waals surface area contributed by atoms with Gasteiger partial charge in [0.2, 0.25) is 0 Å². The fraction of sp³-hybridized carbons (Fsp3) is 0.133. The van der Waals surface area contributed by atoms with Crippen molar-refractivity contribution in [1.29, 1.82) is 0 Å². The molecule has 0 unspecified atom stereocenters. The van der Waals surface area contributed by atoms with Gasteiger partial charge < -0.3 is 9.15 Å². The molecule has 3 nitrogen and oxygen atoms in total. The maximum Gasteiger partial charge on any atom is 0.336 e. The van der Waals surface area contributed by atoms with Crippen LogP contribution in [0.25, 0.3) is 11.0 Å². The molecule has 2 aromatic rings. The summed E-state index contributed by atoms with van der Waals surface area (Å²) in [5, 5.41) is 0.857. The van der Waals surface area contributed by atoms with Crippen molar-refractivity contribution >= 4 is 11.0 Å². The van der Waals surface area contributed by atoms with Crippen molar-refractivity contribution in [2.24, 2.45) is 0 Å². The van der Waals surface area contributed by atoms with Gasteiger partial charge in [-0.25, -0.2) is 4.79 Å². The Morgan fingerprint density at radius 2 is 2.06 bits per heavy atom. The van der Waals surface area contributed by atoms with Crippen LogP contribution in [0.2, 0.25) is 0 Å². The molecule has 0 bridgehead atoms. The standard InChI is InChI=1S/C15H14O3/c1-4-10(2)11(3)17-13-7-5-12-6-8-15(16)18-14(12)9-13/h4-9H,3H2,1-2H3/b10-4+. The predicted molar refractivity (Wildman–Crippen MR) is 71.7 cm³/mol. The molecule has 0 aliphatic carbocycles. The van der Waals surface area contributed by atoms with E-state index in [0.717, 1.165) is 11.0 Å². The molecule has 18 heavy (non-hydrogen) atoms. The smallest absolute Gasteiger partial charge is 0.336 e. The molecule has 0 atom stereocenters. The first-order valence-corrected chi connectivity index (χ1v) is 5.64. The van der Waals surface area contributed by atoms with Gasteiger partial charge in [-0.2, -0.15) is 0 Å². The van der Waals surface area contributed by atoms with E-state index < -0.39 is 0 Å². The van der Waals surface area contributed by atoms with Crippen LogP contribution in [0, 0.1) is 0 Å². The zero-order valence-corrected chi connectivity index (χ0v) is 10.4. The van der Waals surface area contributed by atoms with Gasteiger partial charge >= 0.3 is 5.63 Å². The van der Waals surface area contributed by atoms with Crippen LogP contribution in [-0.4, -0.2) is 0 Å². The SMILES string of the molecule is C=C(Oc1ccc2ccc(=O)oc2c1)/C(C)=C/C. The fourth-order valence-corrected chi connectivity index (χ4v) is 1.49. The lowest BCUT2D eigenvalue weighted by molar-refractivity contribution is 0.437. The Kier molecular flexibility index (Phi) is 3.33. The molecule has 0 saturated carbocycles. The molecule has 1 aromatic heterocycles. The Morgan fingerprint density at radius 3 is 2.78 bits per heavy atom. The predicted octanol–water partition coefficient (Wildman–Crippen LogP) is 3.65. The van der Waals surface area contributed by atoms with Crippen molar-refractivity contribution in [2.75, 3.05) is 0 Å². The molecule has 0 aliphatic rings.